The summed E-state index contributed by atoms with van der Waals surface area (Å²) >= 11 is 0. The number of hydrogen-bond acceptors (Lipinski definition) is 1. The lowest BCUT2D eigenvalue weighted by molar-refractivity contribution is 0.219. The third kappa shape index (κ3) is 2.37. The lowest BCUT2D eigenvalue weighted by Crippen LogP contribution is -2.04. The molecule has 0 aromatic heterocycles. The van der Waals surface area contributed by atoms with E-state index in [1.54, 1.807) is 6.92 Å². The molecule has 1 atom stereocenters. The van der Waals surface area contributed by atoms with Crippen LogP contribution in [0.5, 0.6) is 0 Å². The Morgan fingerprint density at radius 1 is 1.06 bits per heavy atom. The van der Waals surface area contributed by atoms with Crippen molar-refractivity contribution in [2.24, 2.45) is 0 Å². The fraction of sp³-hybridized carbons (Fsp3) is 0.200. The van der Waals surface area contributed by atoms with Crippen LogP contribution in [0.25, 0.3) is 0 Å². The lowest BCUT2D eigenvalue weighted by Gasteiger charge is -2.15. The highest BCUT2D eigenvalue weighted by Gasteiger charge is 2.15. The minimum absolute atomic E-state index is 0.269. The minimum Gasteiger partial charge on any atom is -0.384 e. The first kappa shape index (κ1) is 11.8. The number of halogens is 1. The number of benzene rings is 2. The molecule has 0 heterocycles. The average Bonchev–Trinajstić information content (AvgIpc) is 2.34. The number of aliphatic hydroxyl groups excluding tert-OH is 1. The summed E-state index contributed by atoms with van der Waals surface area (Å²) < 4.78 is 13.6. The van der Waals surface area contributed by atoms with Crippen LogP contribution in [0, 0.1) is 19.7 Å². The molecular formula is C15H15FO. The fourth-order valence-corrected chi connectivity index (χ4v) is 1.94. The van der Waals surface area contributed by atoms with E-state index < -0.39 is 6.10 Å². The van der Waals surface area contributed by atoms with Crippen LogP contribution >= 0.6 is 0 Å². The number of aliphatic hydroxyl groups is 1. The highest BCUT2D eigenvalue weighted by Crippen LogP contribution is 2.27. The number of aryl methyl sites for hydroxylation is 1. The summed E-state index contributed by atoms with van der Waals surface area (Å²) in [5.74, 6) is -0.269. The van der Waals surface area contributed by atoms with E-state index in [1.807, 2.05) is 43.3 Å². The number of rotatable bonds is 2. The van der Waals surface area contributed by atoms with Crippen LogP contribution in [0.1, 0.15) is 28.4 Å². The molecular weight excluding hydrogens is 215 g/mol. The highest BCUT2D eigenvalue weighted by molar-refractivity contribution is 5.38. The van der Waals surface area contributed by atoms with Gasteiger partial charge in [0.2, 0.25) is 0 Å². The molecule has 0 saturated heterocycles. The lowest BCUT2D eigenvalue weighted by atomic mass is 9.95. The first-order valence-corrected chi connectivity index (χ1v) is 5.59. The number of hydrogen-bond donors (Lipinski definition) is 1. The van der Waals surface area contributed by atoms with Gasteiger partial charge in [-0.15, -0.1) is 0 Å². The maximum Gasteiger partial charge on any atom is 0.126 e. The van der Waals surface area contributed by atoms with Crippen LogP contribution in [0.15, 0.2) is 42.5 Å². The average molecular weight is 230 g/mol. The highest BCUT2D eigenvalue weighted by atomic mass is 19.1. The monoisotopic (exact) mass is 230 g/mol. The summed E-state index contributed by atoms with van der Waals surface area (Å²) in [6.07, 6.45) is -0.773. The third-order valence-electron chi connectivity index (χ3n) is 2.94. The minimum atomic E-state index is -0.773. The van der Waals surface area contributed by atoms with Crippen LogP contribution in [0.2, 0.25) is 0 Å². The van der Waals surface area contributed by atoms with Crippen LogP contribution < -0.4 is 0 Å². The second kappa shape index (κ2) is 4.68. The summed E-state index contributed by atoms with van der Waals surface area (Å²) in [4.78, 5) is 0. The topological polar surface area (TPSA) is 20.2 Å². The molecule has 0 radical (unpaired) electrons. The zero-order valence-corrected chi connectivity index (χ0v) is 9.94. The van der Waals surface area contributed by atoms with Gasteiger partial charge in [0, 0.05) is 0 Å². The van der Waals surface area contributed by atoms with E-state index in [0.717, 1.165) is 11.1 Å². The van der Waals surface area contributed by atoms with Gasteiger partial charge in [-0.05, 0) is 42.2 Å². The third-order valence-corrected chi connectivity index (χ3v) is 2.94. The van der Waals surface area contributed by atoms with E-state index >= 15 is 0 Å². The quantitative estimate of drug-likeness (QED) is 0.836. The van der Waals surface area contributed by atoms with Gasteiger partial charge in [0.25, 0.3) is 0 Å². The van der Waals surface area contributed by atoms with Gasteiger partial charge < -0.3 is 5.11 Å². The summed E-state index contributed by atoms with van der Waals surface area (Å²) in [5, 5.41) is 10.3. The molecule has 2 aromatic carbocycles. The molecule has 0 spiro atoms. The van der Waals surface area contributed by atoms with Gasteiger partial charge >= 0.3 is 0 Å². The van der Waals surface area contributed by atoms with Crippen LogP contribution in [-0.2, 0) is 0 Å². The smallest absolute Gasteiger partial charge is 0.126 e. The molecule has 0 aliphatic heterocycles. The van der Waals surface area contributed by atoms with Crippen molar-refractivity contribution in [3.63, 3.8) is 0 Å². The van der Waals surface area contributed by atoms with Gasteiger partial charge in [-0.1, -0.05) is 36.4 Å². The first-order chi connectivity index (χ1) is 8.09. The summed E-state index contributed by atoms with van der Waals surface area (Å²) in [6, 6.07) is 12.6. The van der Waals surface area contributed by atoms with Crippen LogP contribution in [-0.4, -0.2) is 5.11 Å². The van der Waals surface area contributed by atoms with Crippen molar-refractivity contribution >= 4 is 0 Å². The Labute approximate surface area is 101 Å². The first-order valence-electron chi connectivity index (χ1n) is 5.59. The molecule has 0 fully saturated rings. The van der Waals surface area contributed by atoms with E-state index in [9.17, 15) is 9.50 Å². The maximum absolute atomic E-state index is 13.6. The van der Waals surface area contributed by atoms with Gasteiger partial charge in [-0.25, -0.2) is 4.39 Å². The van der Waals surface area contributed by atoms with Gasteiger partial charge in [-0.3, -0.25) is 0 Å². The molecule has 0 amide bonds. The Kier molecular flexibility index (Phi) is 3.25. The van der Waals surface area contributed by atoms with Crippen molar-refractivity contribution < 1.29 is 9.50 Å². The van der Waals surface area contributed by atoms with Gasteiger partial charge in [0.05, 0.1) is 0 Å². The van der Waals surface area contributed by atoms with Crippen molar-refractivity contribution in [1.29, 1.82) is 0 Å². The zero-order valence-electron chi connectivity index (χ0n) is 9.94. The normalized spacial score (nSPS) is 12.5. The molecule has 0 saturated carbocycles. The molecule has 1 unspecified atom stereocenters. The van der Waals surface area contributed by atoms with Gasteiger partial charge in [0.15, 0.2) is 0 Å². The SMILES string of the molecule is Cc1cc(F)c(C)c(C(O)c2ccccc2)c1. The molecule has 1 nitrogen and oxygen atoms in total. The van der Waals surface area contributed by atoms with Crippen LogP contribution in [0.4, 0.5) is 4.39 Å². The molecule has 0 bridgehead atoms. The summed E-state index contributed by atoms with van der Waals surface area (Å²) in [6.45, 7) is 3.51. The Balaban J connectivity index is 2.48. The second-order valence-electron chi connectivity index (χ2n) is 4.27. The zero-order chi connectivity index (χ0) is 12.4. The van der Waals surface area contributed by atoms with Crippen molar-refractivity contribution in [3.8, 4) is 0 Å². The van der Waals surface area contributed by atoms with E-state index in [0.29, 0.717) is 11.1 Å². The van der Waals surface area contributed by atoms with Crippen molar-refractivity contribution in [1.82, 2.24) is 0 Å². The second-order valence-corrected chi connectivity index (χ2v) is 4.27. The Morgan fingerprint density at radius 2 is 1.71 bits per heavy atom. The van der Waals surface area contributed by atoms with E-state index in [1.165, 1.54) is 6.07 Å². The molecule has 88 valence electrons. The van der Waals surface area contributed by atoms with Crippen molar-refractivity contribution in [2.45, 2.75) is 20.0 Å². The Morgan fingerprint density at radius 3 is 2.35 bits per heavy atom. The predicted octanol–water partition coefficient (Wildman–Crippen LogP) is 3.52. The molecule has 2 aromatic rings. The van der Waals surface area contributed by atoms with E-state index in [-0.39, 0.29) is 5.82 Å². The van der Waals surface area contributed by atoms with Crippen molar-refractivity contribution in [3.05, 3.63) is 70.5 Å². The molecule has 0 aliphatic rings. The van der Waals surface area contributed by atoms with Crippen molar-refractivity contribution in [2.75, 3.05) is 0 Å². The molecule has 17 heavy (non-hydrogen) atoms. The fourth-order valence-electron chi connectivity index (χ4n) is 1.94. The molecule has 2 heteroatoms. The Bertz CT molecular complexity index is 520. The molecule has 1 N–H and O–H groups in total. The standard InChI is InChI=1S/C15H15FO/c1-10-8-13(11(2)14(16)9-10)15(17)12-6-4-3-5-7-12/h3-9,15,17H,1-2H3. The summed E-state index contributed by atoms with van der Waals surface area (Å²) in [5.41, 5.74) is 2.74. The van der Waals surface area contributed by atoms with Crippen LogP contribution in [0.3, 0.4) is 0 Å². The maximum atomic E-state index is 13.6. The molecule has 2 rings (SSSR count). The largest absolute Gasteiger partial charge is 0.384 e. The van der Waals surface area contributed by atoms with Gasteiger partial charge in [-0.2, -0.15) is 0 Å². The van der Waals surface area contributed by atoms with E-state index in [2.05, 4.69) is 0 Å². The predicted molar refractivity (Wildman–Crippen MR) is 66.4 cm³/mol. The summed E-state index contributed by atoms with van der Waals surface area (Å²) in [7, 11) is 0. The van der Waals surface area contributed by atoms with Gasteiger partial charge in [0.1, 0.15) is 11.9 Å². The van der Waals surface area contributed by atoms with E-state index in [4.69, 9.17) is 0 Å². The molecule has 0 aliphatic carbocycles. The Hall–Kier alpha value is -1.67.